The first-order valence-electron chi connectivity index (χ1n) is 5.57. The molecule has 0 atom stereocenters. The van der Waals surface area contributed by atoms with E-state index in [1.807, 2.05) is 13.0 Å². The van der Waals surface area contributed by atoms with Gasteiger partial charge in [-0.05, 0) is 42.8 Å². The van der Waals surface area contributed by atoms with Crippen molar-refractivity contribution in [3.05, 3.63) is 52.0 Å². The van der Waals surface area contributed by atoms with Crippen LogP contribution in [0.3, 0.4) is 0 Å². The Labute approximate surface area is 118 Å². The van der Waals surface area contributed by atoms with E-state index < -0.39 is 5.91 Å². The average Bonchev–Trinajstić information content (AvgIpc) is 2.38. The second kappa shape index (κ2) is 5.32. The third-order valence-electron chi connectivity index (χ3n) is 2.74. The van der Waals surface area contributed by atoms with Gasteiger partial charge in [-0.3, -0.25) is 4.79 Å². The van der Waals surface area contributed by atoms with Gasteiger partial charge in [0.05, 0.1) is 5.56 Å². The summed E-state index contributed by atoms with van der Waals surface area (Å²) in [6.45, 7) is 1.86. The zero-order valence-electron chi connectivity index (χ0n) is 10.1. The van der Waals surface area contributed by atoms with Gasteiger partial charge in [-0.2, -0.15) is 0 Å². The van der Waals surface area contributed by atoms with Crippen molar-refractivity contribution in [2.75, 3.05) is 5.32 Å². The summed E-state index contributed by atoms with van der Waals surface area (Å²) in [5.74, 6) is -0.730. The first-order valence-corrected chi connectivity index (χ1v) is 6.37. The summed E-state index contributed by atoms with van der Waals surface area (Å²) in [5, 5.41) is 21.7. The number of benzene rings is 2. The molecule has 0 aliphatic rings. The number of aromatic hydroxyl groups is 2. The van der Waals surface area contributed by atoms with Gasteiger partial charge in [-0.15, -0.1) is 0 Å². The van der Waals surface area contributed by atoms with Crippen molar-refractivity contribution in [3.8, 4) is 11.5 Å². The largest absolute Gasteiger partial charge is 0.508 e. The van der Waals surface area contributed by atoms with Crippen molar-refractivity contribution in [3.63, 3.8) is 0 Å². The summed E-state index contributed by atoms with van der Waals surface area (Å²) >= 11 is 3.38. The van der Waals surface area contributed by atoms with Crippen LogP contribution in [0, 0.1) is 6.92 Å². The number of nitrogens with one attached hydrogen (secondary N) is 1. The molecule has 2 rings (SSSR count). The zero-order valence-corrected chi connectivity index (χ0v) is 11.7. The molecule has 98 valence electrons. The lowest BCUT2D eigenvalue weighted by molar-refractivity contribution is 0.102. The van der Waals surface area contributed by atoms with Gasteiger partial charge in [0.25, 0.3) is 5.91 Å². The lowest BCUT2D eigenvalue weighted by atomic mass is 10.1. The highest BCUT2D eigenvalue weighted by molar-refractivity contribution is 9.10. The molecule has 2 aromatic carbocycles. The van der Waals surface area contributed by atoms with Crippen molar-refractivity contribution >= 4 is 27.5 Å². The smallest absolute Gasteiger partial charge is 0.259 e. The van der Waals surface area contributed by atoms with Gasteiger partial charge in [0.2, 0.25) is 0 Å². The van der Waals surface area contributed by atoms with Gasteiger partial charge in [0.15, 0.2) is 0 Å². The van der Waals surface area contributed by atoms with Crippen molar-refractivity contribution < 1.29 is 15.0 Å². The molecule has 0 unspecified atom stereocenters. The summed E-state index contributed by atoms with van der Waals surface area (Å²) in [6, 6.07) is 9.25. The summed E-state index contributed by atoms with van der Waals surface area (Å²) < 4.78 is 0.880. The van der Waals surface area contributed by atoms with Gasteiger partial charge in [0, 0.05) is 10.2 Å². The molecule has 0 aromatic heterocycles. The monoisotopic (exact) mass is 321 g/mol. The Morgan fingerprint density at radius 2 is 1.95 bits per heavy atom. The molecule has 0 spiro atoms. The Kier molecular flexibility index (Phi) is 3.76. The van der Waals surface area contributed by atoms with Crippen LogP contribution in [0.25, 0.3) is 0 Å². The van der Waals surface area contributed by atoms with Crippen LogP contribution in [0.5, 0.6) is 11.5 Å². The molecule has 19 heavy (non-hydrogen) atoms. The first-order chi connectivity index (χ1) is 8.99. The lowest BCUT2D eigenvalue weighted by Crippen LogP contribution is -2.13. The number of hydrogen-bond acceptors (Lipinski definition) is 3. The molecule has 4 nitrogen and oxygen atoms in total. The molecule has 5 heteroatoms. The Bertz CT molecular complexity index is 641. The Balaban J connectivity index is 2.31. The maximum absolute atomic E-state index is 12.1. The zero-order chi connectivity index (χ0) is 14.0. The number of halogens is 1. The minimum Gasteiger partial charge on any atom is -0.508 e. The maximum atomic E-state index is 12.1. The topological polar surface area (TPSA) is 69.6 Å². The quantitative estimate of drug-likeness (QED) is 0.742. The fraction of sp³-hybridized carbons (Fsp3) is 0.0714. The number of anilines is 1. The lowest BCUT2D eigenvalue weighted by Gasteiger charge is -2.10. The highest BCUT2D eigenvalue weighted by atomic mass is 79.9. The molecule has 3 N–H and O–H groups in total. The number of phenols is 2. The van der Waals surface area contributed by atoms with Gasteiger partial charge in [-0.25, -0.2) is 0 Å². The summed E-state index contributed by atoms with van der Waals surface area (Å²) in [6.07, 6.45) is 0. The van der Waals surface area contributed by atoms with Gasteiger partial charge >= 0.3 is 0 Å². The van der Waals surface area contributed by atoms with E-state index in [9.17, 15) is 15.0 Å². The Hall–Kier alpha value is -2.01. The number of phenolic OH excluding ortho intramolecular Hbond substituents is 2. The van der Waals surface area contributed by atoms with E-state index in [-0.39, 0.29) is 17.1 Å². The van der Waals surface area contributed by atoms with Crippen molar-refractivity contribution in [2.45, 2.75) is 6.92 Å². The highest BCUT2D eigenvalue weighted by Crippen LogP contribution is 2.26. The minimum absolute atomic E-state index is 0.0272. The van der Waals surface area contributed by atoms with Crippen LogP contribution in [0.1, 0.15) is 15.9 Å². The molecule has 0 heterocycles. The van der Waals surface area contributed by atoms with E-state index in [1.54, 1.807) is 12.1 Å². The standard InChI is InChI=1S/C14H12BrNO3/c1-8-11(15)3-2-4-12(8)16-14(19)10-7-9(17)5-6-13(10)18/h2-7,17-18H,1H3,(H,16,19). The predicted molar refractivity (Wildman–Crippen MR) is 76.6 cm³/mol. The molecule has 0 aliphatic carbocycles. The summed E-state index contributed by atoms with van der Waals surface area (Å²) in [4.78, 5) is 12.1. The SMILES string of the molecule is Cc1c(Br)cccc1NC(=O)c1cc(O)ccc1O. The molecular weight excluding hydrogens is 310 g/mol. The van der Waals surface area contributed by atoms with E-state index in [0.29, 0.717) is 5.69 Å². The molecule has 2 aromatic rings. The molecule has 0 fully saturated rings. The third-order valence-corrected chi connectivity index (χ3v) is 3.60. The minimum atomic E-state index is -0.477. The molecule has 0 saturated carbocycles. The first kappa shape index (κ1) is 13.4. The Morgan fingerprint density at radius 3 is 2.68 bits per heavy atom. The number of amides is 1. The van der Waals surface area contributed by atoms with E-state index in [2.05, 4.69) is 21.2 Å². The normalized spacial score (nSPS) is 10.2. The fourth-order valence-corrected chi connectivity index (χ4v) is 2.00. The van der Waals surface area contributed by atoms with Crippen molar-refractivity contribution in [1.82, 2.24) is 0 Å². The van der Waals surface area contributed by atoms with E-state index >= 15 is 0 Å². The molecule has 1 amide bonds. The van der Waals surface area contributed by atoms with Crippen LogP contribution < -0.4 is 5.32 Å². The summed E-state index contributed by atoms with van der Waals surface area (Å²) in [7, 11) is 0. The average molecular weight is 322 g/mol. The van der Waals surface area contributed by atoms with Crippen molar-refractivity contribution in [1.29, 1.82) is 0 Å². The van der Waals surface area contributed by atoms with Crippen LogP contribution >= 0.6 is 15.9 Å². The molecule has 0 bridgehead atoms. The van der Waals surface area contributed by atoms with Crippen LogP contribution in [0.4, 0.5) is 5.69 Å². The molecule has 0 aliphatic heterocycles. The highest BCUT2D eigenvalue weighted by Gasteiger charge is 2.13. The van der Waals surface area contributed by atoms with E-state index in [0.717, 1.165) is 10.0 Å². The third kappa shape index (κ3) is 2.88. The second-order valence-corrected chi connectivity index (χ2v) is 4.92. The van der Waals surface area contributed by atoms with Crippen LogP contribution in [-0.4, -0.2) is 16.1 Å². The predicted octanol–water partition coefficient (Wildman–Crippen LogP) is 3.42. The number of hydrogen-bond donors (Lipinski definition) is 3. The van der Waals surface area contributed by atoms with Crippen LogP contribution in [-0.2, 0) is 0 Å². The fourth-order valence-electron chi connectivity index (χ4n) is 1.64. The van der Waals surface area contributed by atoms with Crippen molar-refractivity contribution in [2.24, 2.45) is 0 Å². The number of carbonyl (C=O) groups excluding carboxylic acids is 1. The maximum Gasteiger partial charge on any atom is 0.259 e. The van der Waals surface area contributed by atoms with Crippen LogP contribution in [0.15, 0.2) is 40.9 Å². The summed E-state index contributed by atoms with van der Waals surface area (Å²) in [5.41, 5.74) is 1.55. The number of carbonyl (C=O) groups is 1. The molecule has 0 radical (unpaired) electrons. The molecule has 0 saturated heterocycles. The van der Waals surface area contributed by atoms with Gasteiger partial charge in [0.1, 0.15) is 11.5 Å². The van der Waals surface area contributed by atoms with Gasteiger partial charge < -0.3 is 15.5 Å². The number of rotatable bonds is 2. The van der Waals surface area contributed by atoms with Crippen LogP contribution in [0.2, 0.25) is 0 Å². The molecular formula is C14H12BrNO3. The van der Waals surface area contributed by atoms with Gasteiger partial charge in [-0.1, -0.05) is 22.0 Å². The Morgan fingerprint density at radius 1 is 1.21 bits per heavy atom. The van der Waals surface area contributed by atoms with E-state index in [4.69, 9.17) is 0 Å². The van der Waals surface area contributed by atoms with E-state index in [1.165, 1.54) is 18.2 Å². The second-order valence-electron chi connectivity index (χ2n) is 4.07.